The van der Waals surface area contributed by atoms with Gasteiger partial charge in [-0.2, -0.15) is 0 Å². The van der Waals surface area contributed by atoms with E-state index in [4.69, 9.17) is 17.3 Å². The van der Waals surface area contributed by atoms with Crippen LogP contribution in [0.5, 0.6) is 0 Å². The van der Waals surface area contributed by atoms with Crippen LogP contribution in [0.25, 0.3) is 0 Å². The highest BCUT2D eigenvalue weighted by molar-refractivity contribution is 6.34. The fourth-order valence-electron chi connectivity index (χ4n) is 2.20. The third-order valence-electron chi connectivity index (χ3n) is 3.50. The van der Waals surface area contributed by atoms with Crippen LogP contribution >= 0.6 is 11.6 Å². The number of nitrogens with two attached hydrogens (primary N) is 1. The molecule has 1 heterocycles. The van der Waals surface area contributed by atoms with Crippen molar-refractivity contribution in [2.24, 2.45) is 11.7 Å². The number of benzene rings is 1. The largest absolute Gasteiger partial charge is 0.337 e. The lowest BCUT2D eigenvalue weighted by Gasteiger charge is -2.17. The first-order valence-electron chi connectivity index (χ1n) is 7.03. The summed E-state index contributed by atoms with van der Waals surface area (Å²) in [5, 5.41) is 3.15. The van der Waals surface area contributed by atoms with Crippen molar-refractivity contribution >= 4 is 29.1 Å². The Labute approximate surface area is 129 Å². The number of nitrogens with zero attached hydrogens (tertiary/aromatic N) is 1. The molecule has 0 spiro atoms. The SMILES string of the molecule is CC(C)C(=O)Nc1ccc(Cl)c(C(=O)N2CC[C@@H](N)C2)c1. The molecule has 3 N–H and O–H groups in total. The smallest absolute Gasteiger partial charge is 0.255 e. The van der Waals surface area contributed by atoms with Crippen molar-refractivity contribution in [3.63, 3.8) is 0 Å². The molecule has 1 fully saturated rings. The van der Waals surface area contributed by atoms with Gasteiger partial charge in [0.2, 0.25) is 5.91 Å². The van der Waals surface area contributed by atoms with E-state index in [-0.39, 0.29) is 23.8 Å². The highest BCUT2D eigenvalue weighted by Crippen LogP contribution is 2.24. The second-order valence-corrected chi connectivity index (χ2v) is 6.05. The predicted molar refractivity (Wildman–Crippen MR) is 83.4 cm³/mol. The lowest BCUT2D eigenvalue weighted by atomic mass is 10.1. The summed E-state index contributed by atoms with van der Waals surface area (Å²) in [6.07, 6.45) is 0.799. The van der Waals surface area contributed by atoms with Crippen molar-refractivity contribution in [2.45, 2.75) is 26.3 Å². The zero-order chi connectivity index (χ0) is 15.6. The number of hydrogen-bond acceptors (Lipinski definition) is 3. The van der Waals surface area contributed by atoms with Gasteiger partial charge >= 0.3 is 0 Å². The molecule has 1 atom stereocenters. The molecular weight excluding hydrogens is 290 g/mol. The Morgan fingerprint density at radius 2 is 2.14 bits per heavy atom. The third kappa shape index (κ3) is 3.74. The first-order valence-corrected chi connectivity index (χ1v) is 7.41. The molecule has 0 aromatic heterocycles. The van der Waals surface area contributed by atoms with Crippen molar-refractivity contribution in [2.75, 3.05) is 18.4 Å². The molecule has 6 heteroatoms. The standard InChI is InChI=1S/C15H20ClN3O2/c1-9(2)14(20)18-11-3-4-13(16)12(7-11)15(21)19-6-5-10(17)8-19/h3-4,7,9-10H,5-6,8,17H2,1-2H3,(H,18,20)/t10-/m1/s1. The van der Waals surface area contributed by atoms with E-state index in [0.717, 1.165) is 6.42 Å². The molecule has 1 aliphatic heterocycles. The van der Waals surface area contributed by atoms with E-state index in [1.165, 1.54) is 0 Å². The van der Waals surface area contributed by atoms with E-state index in [2.05, 4.69) is 5.32 Å². The molecule has 0 radical (unpaired) electrons. The van der Waals surface area contributed by atoms with Crippen LogP contribution < -0.4 is 11.1 Å². The molecule has 21 heavy (non-hydrogen) atoms. The van der Waals surface area contributed by atoms with Crippen molar-refractivity contribution < 1.29 is 9.59 Å². The summed E-state index contributed by atoms with van der Waals surface area (Å²) in [6.45, 7) is 4.79. The van der Waals surface area contributed by atoms with Gasteiger partial charge in [-0.3, -0.25) is 9.59 Å². The minimum atomic E-state index is -0.145. The molecular formula is C15H20ClN3O2. The number of carbonyl (C=O) groups is 2. The van der Waals surface area contributed by atoms with Gasteiger partial charge < -0.3 is 16.0 Å². The lowest BCUT2D eigenvalue weighted by molar-refractivity contribution is -0.118. The van der Waals surface area contributed by atoms with Gasteiger partial charge in [0.25, 0.3) is 5.91 Å². The Morgan fingerprint density at radius 3 is 2.71 bits per heavy atom. The van der Waals surface area contributed by atoms with Crippen molar-refractivity contribution in [3.8, 4) is 0 Å². The minimum absolute atomic E-state index is 0.0246. The Morgan fingerprint density at radius 1 is 1.43 bits per heavy atom. The molecule has 2 amide bonds. The van der Waals surface area contributed by atoms with E-state index in [0.29, 0.717) is 29.4 Å². The molecule has 0 unspecified atom stereocenters. The molecule has 1 aromatic carbocycles. The van der Waals surface area contributed by atoms with Gasteiger partial charge in [-0.15, -0.1) is 0 Å². The Bertz CT molecular complexity index is 560. The Hall–Kier alpha value is -1.59. The zero-order valence-corrected chi connectivity index (χ0v) is 13.0. The molecule has 0 aliphatic carbocycles. The van der Waals surface area contributed by atoms with Crippen LogP contribution in [-0.2, 0) is 4.79 Å². The maximum atomic E-state index is 12.5. The fraction of sp³-hybridized carbons (Fsp3) is 0.467. The maximum absolute atomic E-state index is 12.5. The summed E-state index contributed by atoms with van der Waals surface area (Å²) in [5.74, 6) is -0.371. The molecule has 114 valence electrons. The number of likely N-dealkylation sites (tertiary alicyclic amines) is 1. The van der Waals surface area contributed by atoms with Crippen molar-refractivity contribution in [1.29, 1.82) is 0 Å². The topological polar surface area (TPSA) is 75.4 Å². The van der Waals surface area contributed by atoms with Gasteiger partial charge in [0.1, 0.15) is 0 Å². The van der Waals surface area contributed by atoms with E-state index in [1.807, 2.05) is 13.8 Å². The first-order chi connectivity index (χ1) is 9.88. The van der Waals surface area contributed by atoms with Crippen LogP contribution in [0.2, 0.25) is 5.02 Å². The average molecular weight is 310 g/mol. The Balaban J connectivity index is 2.19. The fourth-order valence-corrected chi connectivity index (χ4v) is 2.39. The molecule has 1 saturated heterocycles. The monoisotopic (exact) mass is 309 g/mol. The molecule has 2 rings (SSSR count). The van der Waals surface area contributed by atoms with Crippen molar-refractivity contribution in [1.82, 2.24) is 4.90 Å². The minimum Gasteiger partial charge on any atom is -0.337 e. The van der Waals surface area contributed by atoms with Gasteiger partial charge in [0.05, 0.1) is 10.6 Å². The number of nitrogens with one attached hydrogen (secondary N) is 1. The van der Waals surface area contributed by atoms with Crippen molar-refractivity contribution in [3.05, 3.63) is 28.8 Å². The van der Waals surface area contributed by atoms with Gasteiger partial charge in [0.15, 0.2) is 0 Å². The third-order valence-corrected chi connectivity index (χ3v) is 3.83. The number of carbonyl (C=O) groups excluding carboxylic acids is 2. The average Bonchev–Trinajstić information content (AvgIpc) is 2.86. The molecule has 0 saturated carbocycles. The van der Waals surface area contributed by atoms with Crippen LogP contribution in [0, 0.1) is 5.92 Å². The number of amides is 2. The number of halogens is 1. The van der Waals surface area contributed by atoms with Crippen LogP contribution in [0.3, 0.4) is 0 Å². The molecule has 1 aromatic rings. The van der Waals surface area contributed by atoms with Gasteiger partial charge in [0, 0.05) is 30.7 Å². The van der Waals surface area contributed by atoms with Crippen LogP contribution in [0.15, 0.2) is 18.2 Å². The summed E-state index contributed by atoms with van der Waals surface area (Å²) in [5.41, 5.74) is 6.79. The maximum Gasteiger partial charge on any atom is 0.255 e. The number of anilines is 1. The van der Waals surface area contributed by atoms with E-state index in [9.17, 15) is 9.59 Å². The normalized spacial score (nSPS) is 18.1. The zero-order valence-electron chi connectivity index (χ0n) is 12.2. The summed E-state index contributed by atoms with van der Waals surface area (Å²) in [6, 6.07) is 4.96. The Kier molecular flexibility index (Phi) is 4.85. The van der Waals surface area contributed by atoms with Crippen LogP contribution in [0.1, 0.15) is 30.6 Å². The van der Waals surface area contributed by atoms with E-state index in [1.54, 1.807) is 23.1 Å². The molecule has 0 bridgehead atoms. The van der Waals surface area contributed by atoms with Crippen LogP contribution in [-0.4, -0.2) is 35.8 Å². The summed E-state index contributed by atoms with van der Waals surface area (Å²) < 4.78 is 0. The first kappa shape index (κ1) is 15.8. The number of hydrogen-bond donors (Lipinski definition) is 2. The summed E-state index contributed by atoms with van der Waals surface area (Å²) >= 11 is 6.11. The summed E-state index contributed by atoms with van der Waals surface area (Å²) in [4.78, 5) is 25.9. The van der Waals surface area contributed by atoms with E-state index >= 15 is 0 Å². The quantitative estimate of drug-likeness (QED) is 0.898. The predicted octanol–water partition coefficient (Wildman–Crippen LogP) is 2.11. The van der Waals surface area contributed by atoms with Gasteiger partial charge in [-0.1, -0.05) is 25.4 Å². The summed E-state index contributed by atoms with van der Waals surface area (Å²) in [7, 11) is 0. The van der Waals surface area contributed by atoms with Gasteiger partial charge in [-0.05, 0) is 24.6 Å². The van der Waals surface area contributed by atoms with E-state index < -0.39 is 0 Å². The van der Waals surface area contributed by atoms with Crippen LogP contribution in [0.4, 0.5) is 5.69 Å². The highest BCUT2D eigenvalue weighted by Gasteiger charge is 2.26. The lowest BCUT2D eigenvalue weighted by Crippen LogP contribution is -2.32. The number of rotatable bonds is 3. The highest BCUT2D eigenvalue weighted by atomic mass is 35.5. The molecule has 5 nitrogen and oxygen atoms in total. The second-order valence-electron chi connectivity index (χ2n) is 5.64. The second kappa shape index (κ2) is 6.45. The van der Waals surface area contributed by atoms with Gasteiger partial charge in [-0.25, -0.2) is 0 Å². The molecule has 1 aliphatic rings.